The number of H-pyrrole nitrogens is 2. The van der Waals surface area contributed by atoms with Gasteiger partial charge in [-0.2, -0.15) is 5.10 Å². The standard InChI is InChI=1S/C43H60N4O2/c1-9-10-21-49-37(48)43-19-17-38(2,3)24-30(43)34-27(29-25-45-31-14-12-11-13-26(29)31)22-33-40(6)23-28-35(46-47-36(28)44)39(4,5)32(40)15-16-41(33,7)42(34,8)18-20-43/h11-14,25,30,32-33,45H,9-10,15-24H2,1-8H3,(H3,44,46,47)/t30-,32-,33?,40-,41+,42+,43-/m0/s1. The third-order valence-electron chi connectivity index (χ3n) is 16.0. The van der Waals surface area contributed by atoms with E-state index in [0.717, 1.165) is 57.8 Å². The maximum absolute atomic E-state index is 14.5. The summed E-state index contributed by atoms with van der Waals surface area (Å²) in [5, 5.41) is 9.27. The number of para-hydroxylation sites is 1. The molecule has 4 N–H and O–H groups in total. The van der Waals surface area contributed by atoms with Crippen molar-refractivity contribution in [2.45, 2.75) is 131 Å². The second kappa shape index (κ2) is 10.7. The number of carbonyl (C=O) groups is 1. The fraction of sp³-hybridized carbons (Fsp3) is 0.674. The van der Waals surface area contributed by atoms with Crippen molar-refractivity contribution in [1.29, 1.82) is 0 Å². The highest BCUT2D eigenvalue weighted by atomic mass is 16.5. The van der Waals surface area contributed by atoms with Gasteiger partial charge in [0.05, 0.1) is 12.0 Å². The minimum Gasteiger partial charge on any atom is -0.465 e. The molecule has 0 amide bonds. The van der Waals surface area contributed by atoms with Crippen LogP contribution in [0.2, 0.25) is 0 Å². The van der Waals surface area contributed by atoms with Gasteiger partial charge in [-0.05, 0) is 115 Å². The van der Waals surface area contributed by atoms with E-state index in [1.165, 1.54) is 46.1 Å². The van der Waals surface area contributed by atoms with Crippen LogP contribution >= 0.6 is 0 Å². The summed E-state index contributed by atoms with van der Waals surface area (Å²) in [6, 6.07) is 8.82. The Morgan fingerprint density at radius 3 is 2.53 bits per heavy atom. The number of nitrogens with zero attached hydrogens (tertiary/aromatic N) is 1. The average Bonchev–Trinajstić information content (AvgIpc) is 3.64. The van der Waals surface area contributed by atoms with Gasteiger partial charge in [-0.3, -0.25) is 9.89 Å². The van der Waals surface area contributed by atoms with Gasteiger partial charge >= 0.3 is 5.97 Å². The van der Waals surface area contributed by atoms with Crippen LogP contribution in [0, 0.1) is 44.8 Å². The number of allylic oxidation sites excluding steroid dienone is 2. The second-order valence-electron chi connectivity index (χ2n) is 19.2. The molecule has 5 aliphatic carbocycles. The van der Waals surface area contributed by atoms with E-state index in [4.69, 9.17) is 10.5 Å². The summed E-state index contributed by atoms with van der Waals surface area (Å²) in [6.45, 7) is 20.4. The number of anilines is 1. The molecule has 6 nitrogen and oxygen atoms in total. The topological polar surface area (TPSA) is 96.8 Å². The molecule has 3 aromatic rings. The van der Waals surface area contributed by atoms with Crippen LogP contribution in [-0.2, 0) is 21.4 Å². The smallest absolute Gasteiger partial charge is 0.312 e. The van der Waals surface area contributed by atoms with Crippen molar-refractivity contribution in [3.05, 3.63) is 52.9 Å². The van der Waals surface area contributed by atoms with Gasteiger partial charge in [0.15, 0.2) is 0 Å². The normalized spacial score (nSPS) is 37.4. The van der Waals surface area contributed by atoms with E-state index in [1.54, 1.807) is 5.57 Å². The minimum absolute atomic E-state index is 0.0442. The number of ether oxygens (including phenoxy) is 1. The van der Waals surface area contributed by atoms with Crippen molar-refractivity contribution in [3.63, 3.8) is 0 Å². The second-order valence-corrected chi connectivity index (χ2v) is 19.2. The van der Waals surface area contributed by atoms with Gasteiger partial charge in [-0.1, -0.05) is 85.6 Å². The van der Waals surface area contributed by atoms with Crippen molar-refractivity contribution < 1.29 is 9.53 Å². The Morgan fingerprint density at radius 2 is 1.76 bits per heavy atom. The fourth-order valence-corrected chi connectivity index (χ4v) is 13.2. The summed E-state index contributed by atoms with van der Waals surface area (Å²) in [4.78, 5) is 18.2. The highest BCUT2D eigenvalue weighted by Crippen LogP contribution is 2.77. The molecule has 49 heavy (non-hydrogen) atoms. The summed E-state index contributed by atoms with van der Waals surface area (Å²) >= 11 is 0. The highest BCUT2D eigenvalue weighted by molar-refractivity contribution is 5.94. The third-order valence-corrected chi connectivity index (χ3v) is 16.0. The van der Waals surface area contributed by atoms with Gasteiger partial charge in [-0.15, -0.1) is 0 Å². The lowest BCUT2D eigenvalue weighted by molar-refractivity contribution is -0.180. The molecule has 264 valence electrons. The number of nitrogens with two attached hydrogens (primary N) is 1. The largest absolute Gasteiger partial charge is 0.465 e. The molecular formula is C43H60N4O2. The van der Waals surface area contributed by atoms with Crippen molar-refractivity contribution in [2.24, 2.45) is 44.8 Å². The number of hydrogen-bond acceptors (Lipinski definition) is 4. The molecule has 0 aliphatic heterocycles. The number of unbranched alkanes of at least 4 members (excludes halogenated alkanes) is 1. The maximum Gasteiger partial charge on any atom is 0.312 e. The third kappa shape index (κ3) is 4.36. The Hall–Kier alpha value is -3.02. The average molecular weight is 665 g/mol. The van der Waals surface area contributed by atoms with Crippen molar-refractivity contribution >= 4 is 28.3 Å². The van der Waals surface area contributed by atoms with Crippen LogP contribution in [0.15, 0.2) is 36.0 Å². The lowest BCUT2D eigenvalue weighted by atomic mass is 9.33. The summed E-state index contributed by atoms with van der Waals surface area (Å²) < 4.78 is 6.25. The van der Waals surface area contributed by atoms with Crippen LogP contribution in [0.4, 0.5) is 5.82 Å². The van der Waals surface area contributed by atoms with Gasteiger partial charge in [0.1, 0.15) is 5.82 Å². The zero-order valence-electron chi connectivity index (χ0n) is 31.4. The predicted octanol–water partition coefficient (Wildman–Crippen LogP) is 10.2. The van der Waals surface area contributed by atoms with Gasteiger partial charge in [-0.25, -0.2) is 0 Å². The Labute approximate surface area is 293 Å². The first-order chi connectivity index (χ1) is 23.1. The number of esters is 1. The molecule has 0 spiro atoms. The number of aromatic amines is 2. The van der Waals surface area contributed by atoms with Gasteiger partial charge < -0.3 is 15.5 Å². The van der Waals surface area contributed by atoms with Gasteiger partial charge in [0.25, 0.3) is 0 Å². The van der Waals surface area contributed by atoms with Crippen LogP contribution in [0.5, 0.6) is 0 Å². The molecule has 0 radical (unpaired) electrons. The van der Waals surface area contributed by atoms with Crippen LogP contribution in [0.1, 0.15) is 136 Å². The number of benzene rings is 1. The molecule has 2 heterocycles. The van der Waals surface area contributed by atoms with Crippen LogP contribution in [0.25, 0.3) is 16.5 Å². The molecule has 5 aliphatic rings. The first-order valence-electron chi connectivity index (χ1n) is 19.4. The quantitative estimate of drug-likeness (QED) is 0.187. The molecule has 3 saturated carbocycles. The zero-order chi connectivity index (χ0) is 34.8. The van der Waals surface area contributed by atoms with Gasteiger partial charge in [0, 0.05) is 39.3 Å². The summed E-state index contributed by atoms with van der Waals surface area (Å²) in [5.74, 6) is 1.91. The summed E-state index contributed by atoms with van der Waals surface area (Å²) in [6.07, 6.45) is 13.6. The minimum atomic E-state index is -0.452. The molecule has 7 atom stereocenters. The fourth-order valence-electron chi connectivity index (χ4n) is 13.2. The van der Waals surface area contributed by atoms with Crippen molar-refractivity contribution in [3.8, 4) is 0 Å². The van der Waals surface area contributed by atoms with E-state index in [1.807, 2.05) is 0 Å². The molecule has 6 heteroatoms. The van der Waals surface area contributed by atoms with Crippen LogP contribution in [-0.4, -0.2) is 27.8 Å². The van der Waals surface area contributed by atoms with Crippen LogP contribution in [0.3, 0.4) is 0 Å². The number of nitrogens with one attached hydrogen (secondary N) is 2. The summed E-state index contributed by atoms with van der Waals surface area (Å²) in [5.41, 5.74) is 14.5. The van der Waals surface area contributed by atoms with Crippen LogP contribution < -0.4 is 5.73 Å². The number of fused-ring (bicyclic) bond motifs is 9. The summed E-state index contributed by atoms with van der Waals surface area (Å²) in [7, 11) is 0. The lowest BCUT2D eigenvalue weighted by Gasteiger charge is -2.71. The Bertz CT molecular complexity index is 1840. The lowest BCUT2D eigenvalue weighted by Crippen LogP contribution is -2.65. The van der Waals surface area contributed by atoms with E-state index in [0.29, 0.717) is 24.3 Å². The zero-order valence-corrected chi connectivity index (χ0v) is 31.4. The Balaban J connectivity index is 1.37. The molecule has 8 rings (SSSR count). The van der Waals surface area contributed by atoms with Crippen molar-refractivity contribution in [1.82, 2.24) is 15.2 Å². The van der Waals surface area contributed by atoms with E-state index >= 15 is 0 Å². The first kappa shape index (κ1) is 33.1. The van der Waals surface area contributed by atoms with E-state index in [9.17, 15) is 4.79 Å². The van der Waals surface area contributed by atoms with E-state index in [-0.39, 0.29) is 39.0 Å². The SMILES string of the molecule is CCCCOC(=O)[C@]12CCC(C)(C)C[C@H]1C1=C(c3c[nH]c4ccccc34)CC3[C@@]4(C)Cc5c(N)n[nH]c5C(C)(C)[C@@H]4CC[C@@]3(C)[C@]1(C)CC2. The maximum atomic E-state index is 14.5. The first-order valence-corrected chi connectivity index (χ1v) is 19.4. The number of aromatic nitrogens is 3. The number of nitrogen functional groups attached to an aromatic ring is 1. The molecule has 1 unspecified atom stereocenters. The molecule has 2 aromatic heterocycles. The van der Waals surface area contributed by atoms with Crippen molar-refractivity contribution in [2.75, 3.05) is 12.3 Å². The van der Waals surface area contributed by atoms with E-state index < -0.39 is 5.41 Å². The monoisotopic (exact) mass is 664 g/mol. The Morgan fingerprint density at radius 1 is 1.00 bits per heavy atom. The number of rotatable bonds is 5. The number of carbonyl (C=O) groups excluding carboxylic acids is 1. The predicted molar refractivity (Wildman–Crippen MR) is 199 cm³/mol. The molecule has 3 fully saturated rings. The number of hydrogen-bond donors (Lipinski definition) is 3. The highest BCUT2D eigenvalue weighted by Gasteiger charge is 2.70. The molecular weight excluding hydrogens is 604 g/mol. The van der Waals surface area contributed by atoms with E-state index in [2.05, 4.69) is 101 Å². The molecule has 0 saturated heterocycles. The van der Waals surface area contributed by atoms with Gasteiger partial charge in [0.2, 0.25) is 0 Å². The molecule has 1 aromatic carbocycles. The molecule has 0 bridgehead atoms. The Kier molecular flexibility index (Phi) is 7.27.